The van der Waals surface area contributed by atoms with Crippen molar-refractivity contribution in [3.05, 3.63) is 151 Å². The first-order valence-electron chi connectivity index (χ1n) is 18.9. The lowest BCUT2D eigenvalue weighted by Gasteiger charge is -2.26. The first-order chi connectivity index (χ1) is 25.6. The van der Waals surface area contributed by atoms with Crippen molar-refractivity contribution in [1.82, 2.24) is 8.80 Å². The molecule has 7 aromatic carbocycles. The Balaban J connectivity index is 1.34. The summed E-state index contributed by atoms with van der Waals surface area (Å²) < 4.78 is 5.14. The normalized spacial score (nSPS) is 13.1. The van der Waals surface area contributed by atoms with E-state index in [0.717, 1.165) is 11.4 Å². The molecular formula is C50H41N3. The molecule has 0 radical (unpaired) electrons. The summed E-state index contributed by atoms with van der Waals surface area (Å²) in [7, 11) is 0. The van der Waals surface area contributed by atoms with E-state index in [1.165, 1.54) is 93.0 Å². The van der Waals surface area contributed by atoms with Crippen LogP contribution in [0.5, 0.6) is 0 Å². The summed E-state index contributed by atoms with van der Waals surface area (Å²) >= 11 is 0. The fourth-order valence-corrected chi connectivity index (χ4v) is 9.27. The molecule has 0 unspecified atom stereocenters. The molecule has 53 heavy (non-hydrogen) atoms. The minimum Gasteiger partial charge on any atom is -0.310 e. The first kappa shape index (κ1) is 30.6. The Kier molecular flexibility index (Phi) is 5.93. The quantitative estimate of drug-likeness (QED) is 0.180. The second-order valence-corrected chi connectivity index (χ2v) is 17.1. The maximum absolute atomic E-state index is 2.59. The van der Waals surface area contributed by atoms with Gasteiger partial charge in [0.05, 0.1) is 38.8 Å². The Morgan fingerprint density at radius 3 is 1.60 bits per heavy atom. The van der Waals surface area contributed by atoms with E-state index in [1.54, 1.807) is 0 Å². The van der Waals surface area contributed by atoms with Crippen LogP contribution in [0.3, 0.4) is 0 Å². The highest BCUT2D eigenvalue weighted by atomic mass is 15.1. The van der Waals surface area contributed by atoms with Gasteiger partial charge in [0, 0.05) is 54.5 Å². The van der Waals surface area contributed by atoms with Crippen molar-refractivity contribution in [1.29, 1.82) is 0 Å². The molecule has 0 spiro atoms. The van der Waals surface area contributed by atoms with Gasteiger partial charge in [0.25, 0.3) is 0 Å². The summed E-state index contributed by atoms with van der Waals surface area (Å²) in [6, 6.07) is 52.2. The third-order valence-corrected chi connectivity index (χ3v) is 11.8. The van der Waals surface area contributed by atoms with E-state index < -0.39 is 0 Å². The van der Waals surface area contributed by atoms with Crippen molar-refractivity contribution in [2.24, 2.45) is 0 Å². The average molecular weight is 684 g/mol. The molecule has 0 N–H and O–H groups in total. The molecule has 0 aliphatic carbocycles. The van der Waals surface area contributed by atoms with Crippen LogP contribution >= 0.6 is 0 Å². The van der Waals surface area contributed by atoms with Crippen LogP contribution in [-0.4, -0.2) is 8.80 Å². The summed E-state index contributed by atoms with van der Waals surface area (Å²) in [5, 5.41) is 10.5. The largest absolute Gasteiger partial charge is 0.310 e. The summed E-state index contributed by atoms with van der Waals surface area (Å²) in [6.45, 7) is 14.0. The van der Waals surface area contributed by atoms with Crippen LogP contribution in [0.4, 0.5) is 17.1 Å². The van der Waals surface area contributed by atoms with E-state index in [4.69, 9.17) is 0 Å². The maximum Gasteiger partial charge on any atom is 0.0641 e. The van der Waals surface area contributed by atoms with Gasteiger partial charge in [0.1, 0.15) is 0 Å². The van der Waals surface area contributed by atoms with Gasteiger partial charge in [-0.05, 0) is 88.7 Å². The van der Waals surface area contributed by atoms with Gasteiger partial charge < -0.3 is 13.7 Å². The lowest BCUT2D eigenvalue weighted by molar-refractivity contribution is 0.590. The highest BCUT2D eigenvalue weighted by molar-refractivity contribution is 6.35. The van der Waals surface area contributed by atoms with Gasteiger partial charge in [-0.3, -0.25) is 0 Å². The van der Waals surface area contributed by atoms with Gasteiger partial charge >= 0.3 is 0 Å². The van der Waals surface area contributed by atoms with Gasteiger partial charge in [-0.1, -0.05) is 114 Å². The first-order valence-corrected chi connectivity index (χ1v) is 18.9. The molecule has 0 fully saturated rings. The molecule has 0 bridgehead atoms. The zero-order valence-corrected chi connectivity index (χ0v) is 31.1. The number of hydrogen-bond acceptors (Lipinski definition) is 1. The Morgan fingerprint density at radius 2 is 0.925 bits per heavy atom. The van der Waals surface area contributed by atoms with Gasteiger partial charge in [-0.15, -0.1) is 0 Å². The molecule has 0 atom stereocenters. The predicted molar refractivity (Wildman–Crippen MR) is 228 cm³/mol. The molecule has 11 aromatic rings. The predicted octanol–water partition coefficient (Wildman–Crippen LogP) is 14.1. The monoisotopic (exact) mass is 683 g/mol. The number of aromatic nitrogens is 2. The minimum atomic E-state index is -0.00886. The SMILES string of the molecule is CC(C)(C)c1ccc2c(c1)c1cc(C(C)(C)C)cc3c4c(ccc5c6ccc(N(c7ccccc7)c7ccccc7)c7c8ccccc8n(c67)c54)n2c13. The van der Waals surface area contributed by atoms with Crippen LogP contribution < -0.4 is 4.90 Å². The van der Waals surface area contributed by atoms with E-state index in [-0.39, 0.29) is 10.8 Å². The number of fused-ring (bicyclic) bond motifs is 13. The molecule has 11 rings (SSSR count). The number of rotatable bonds is 3. The Hall–Kier alpha value is -6.06. The summed E-state index contributed by atoms with van der Waals surface area (Å²) in [4.78, 5) is 2.42. The lowest BCUT2D eigenvalue weighted by atomic mass is 9.84. The highest BCUT2D eigenvalue weighted by Crippen LogP contribution is 2.51. The fourth-order valence-electron chi connectivity index (χ4n) is 9.27. The molecule has 256 valence electrons. The fraction of sp³-hybridized carbons (Fsp3) is 0.160. The lowest BCUT2D eigenvalue weighted by Crippen LogP contribution is -2.11. The van der Waals surface area contributed by atoms with Crippen molar-refractivity contribution in [2.45, 2.75) is 52.4 Å². The summed E-state index contributed by atoms with van der Waals surface area (Å²) in [6.07, 6.45) is 0. The van der Waals surface area contributed by atoms with Gasteiger partial charge in [0.2, 0.25) is 0 Å². The van der Waals surface area contributed by atoms with Crippen LogP contribution in [0.25, 0.3) is 76.2 Å². The number of para-hydroxylation sites is 3. The highest BCUT2D eigenvalue weighted by Gasteiger charge is 2.29. The molecule has 4 heterocycles. The van der Waals surface area contributed by atoms with Crippen LogP contribution in [0, 0.1) is 0 Å². The number of anilines is 3. The standard InChI is InChI=1S/C50H41N3/c1-49(2,3)30-21-24-41-37(27-30)38-28-31(50(4,5)6)29-39-45-43(52(41)46(38)39)26-23-35-34-22-25-42(44-36-19-13-14-20-40(36)53(47(34)44)48(35)45)51(32-15-9-7-10-16-32)33-17-11-8-12-18-33/h7-29H,1-6H3. The number of benzene rings is 7. The third kappa shape index (κ3) is 4.05. The zero-order valence-electron chi connectivity index (χ0n) is 31.1. The molecule has 3 heteroatoms. The summed E-state index contributed by atoms with van der Waals surface area (Å²) in [5.74, 6) is 0. The van der Waals surface area contributed by atoms with Crippen molar-refractivity contribution >= 4 is 93.3 Å². The minimum absolute atomic E-state index is 0.00886. The Morgan fingerprint density at radius 1 is 0.377 bits per heavy atom. The molecule has 0 aliphatic rings. The van der Waals surface area contributed by atoms with Gasteiger partial charge in [-0.2, -0.15) is 0 Å². The van der Waals surface area contributed by atoms with Gasteiger partial charge in [-0.25, -0.2) is 0 Å². The molecular weight excluding hydrogens is 643 g/mol. The van der Waals surface area contributed by atoms with Crippen LogP contribution in [0.2, 0.25) is 0 Å². The maximum atomic E-state index is 2.59. The van der Waals surface area contributed by atoms with Crippen molar-refractivity contribution in [2.75, 3.05) is 4.90 Å². The van der Waals surface area contributed by atoms with E-state index in [1.807, 2.05) is 0 Å². The Labute approximate surface area is 309 Å². The van der Waals surface area contributed by atoms with Crippen LogP contribution in [-0.2, 0) is 10.8 Å². The van der Waals surface area contributed by atoms with Crippen molar-refractivity contribution in [3.8, 4) is 0 Å². The van der Waals surface area contributed by atoms with Crippen LogP contribution in [0.15, 0.2) is 140 Å². The average Bonchev–Trinajstić information content (AvgIpc) is 3.88. The number of nitrogens with zero attached hydrogens (tertiary/aromatic N) is 3. The molecule has 3 nitrogen and oxygen atoms in total. The third-order valence-electron chi connectivity index (χ3n) is 11.8. The van der Waals surface area contributed by atoms with Gasteiger partial charge in [0.15, 0.2) is 0 Å². The zero-order chi connectivity index (χ0) is 36.0. The second kappa shape index (κ2) is 10.3. The molecule has 0 aliphatic heterocycles. The smallest absolute Gasteiger partial charge is 0.0641 e. The van der Waals surface area contributed by atoms with E-state index in [0.29, 0.717) is 0 Å². The van der Waals surface area contributed by atoms with E-state index in [9.17, 15) is 0 Å². The molecule has 0 saturated heterocycles. The molecule has 0 saturated carbocycles. The van der Waals surface area contributed by atoms with Crippen LogP contribution in [0.1, 0.15) is 52.7 Å². The summed E-state index contributed by atoms with van der Waals surface area (Å²) in [5.41, 5.74) is 14.0. The van der Waals surface area contributed by atoms with E-state index >= 15 is 0 Å². The van der Waals surface area contributed by atoms with Crippen molar-refractivity contribution in [3.63, 3.8) is 0 Å². The molecule has 0 amide bonds. The van der Waals surface area contributed by atoms with Crippen molar-refractivity contribution < 1.29 is 0 Å². The topological polar surface area (TPSA) is 12.1 Å². The second-order valence-electron chi connectivity index (χ2n) is 17.1. The molecule has 4 aromatic heterocycles. The Bertz CT molecular complexity index is 3180. The van der Waals surface area contributed by atoms with E-state index in [2.05, 4.69) is 195 Å². The number of hydrogen-bond donors (Lipinski definition) is 0.